The standard InChI is InChI=1S/C11H14BrClN2OS/c1-7(6-16-2)14-11(17)15-10-4-3-8(12)5-9(10)13/h3-5,7H,6H2,1-2H3,(H2,14,15,17). The maximum absolute atomic E-state index is 6.07. The first-order chi connectivity index (χ1) is 8.02. The third-order valence-electron chi connectivity index (χ3n) is 1.97. The predicted molar refractivity (Wildman–Crippen MR) is 79.8 cm³/mol. The van der Waals surface area contributed by atoms with Crippen LogP contribution in [0.25, 0.3) is 0 Å². The summed E-state index contributed by atoms with van der Waals surface area (Å²) in [6, 6.07) is 5.72. The highest BCUT2D eigenvalue weighted by Crippen LogP contribution is 2.25. The summed E-state index contributed by atoms with van der Waals surface area (Å²) in [6.45, 7) is 2.58. The first kappa shape index (κ1) is 14.7. The topological polar surface area (TPSA) is 33.3 Å². The molecule has 0 saturated carbocycles. The van der Waals surface area contributed by atoms with Gasteiger partial charge in [-0.3, -0.25) is 0 Å². The molecule has 0 amide bonds. The minimum Gasteiger partial charge on any atom is -0.383 e. The van der Waals surface area contributed by atoms with Gasteiger partial charge in [-0.05, 0) is 37.3 Å². The van der Waals surface area contributed by atoms with Gasteiger partial charge in [-0.25, -0.2) is 0 Å². The number of thiocarbonyl (C=S) groups is 1. The number of benzene rings is 1. The molecule has 0 aliphatic rings. The predicted octanol–water partition coefficient (Wildman–Crippen LogP) is 3.42. The Morgan fingerprint density at radius 2 is 2.29 bits per heavy atom. The molecule has 1 rings (SSSR count). The molecule has 0 aliphatic heterocycles. The Morgan fingerprint density at radius 1 is 1.59 bits per heavy atom. The summed E-state index contributed by atoms with van der Waals surface area (Å²) in [5.41, 5.74) is 0.775. The van der Waals surface area contributed by atoms with Crippen molar-refractivity contribution in [3.63, 3.8) is 0 Å². The lowest BCUT2D eigenvalue weighted by Gasteiger charge is -2.16. The fourth-order valence-corrected chi connectivity index (χ4v) is 2.30. The van der Waals surface area contributed by atoms with E-state index >= 15 is 0 Å². The van der Waals surface area contributed by atoms with Gasteiger partial charge in [-0.1, -0.05) is 27.5 Å². The van der Waals surface area contributed by atoms with Crippen molar-refractivity contribution < 1.29 is 4.74 Å². The zero-order valence-corrected chi connectivity index (χ0v) is 12.7. The van der Waals surface area contributed by atoms with E-state index in [1.165, 1.54) is 0 Å². The highest BCUT2D eigenvalue weighted by Gasteiger charge is 2.06. The molecule has 0 radical (unpaired) electrons. The van der Waals surface area contributed by atoms with E-state index < -0.39 is 0 Å². The van der Waals surface area contributed by atoms with Crippen molar-refractivity contribution in [2.75, 3.05) is 19.0 Å². The lowest BCUT2D eigenvalue weighted by atomic mass is 10.3. The molecule has 2 N–H and O–H groups in total. The van der Waals surface area contributed by atoms with E-state index in [1.807, 2.05) is 25.1 Å². The Bertz CT molecular complexity index is 403. The summed E-state index contributed by atoms with van der Waals surface area (Å²) in [5, 5.41) is 7.28. The highest BCUT2D eigenvalue weighted by molar-refractivity contribution is 9.10. The number of nitrogens with one attached hydrogen (secondary N) is 2. The summed E-state index contributed by atoms with van der Waals surface area (Å²) in [7, 11) is 1.65. The molecule has 0 aliphatic carbocycles. The molecular weight excluding hydrogens is 324 g/mol. The maximum Gasteiger partial charge on any atom is 0.171 e. The van der Waals surface area contributed by atoms with E-state index in [2.05, 4.69) is 26.6 Å². The molecule has 1 aromatic carbocycles. The van der Waals surface area contributed by atoms with Crippen LogP contribution in [0.3, 0.4) is 0 Å². The van der Waals surface area contributed by atoms with Crippen molar-refractivity contribution in [2.45, 2.75) is 13.0 Å². The molecule has 6 heteroatoms. The monoisotopic (exact) mass is 336 g/mol. The van der Waals surface area contributed by atoms with Crippen LogP contribution in [-0.4, -0.2) is 24.9 Å². The number of hydrogen-bond donors (Lipinski definition) is 2. The second-order valence-electron chi connectivity index (χ2n) is 3.58. The molecular formula is C11H14BrClN2OS. The summed E-state index contributed by atoms with van der Waals surface area (Å²) in [4.78, 5) is 0. The Hall–Kier alpha value is -0.360. The molecule has 0 aromatic heterocycles. The van der Waals surface area contributed by atoms with Crippen molar-refractivity contribution in [1.82, 2.24) is 5.32 Å². The fourth-order valence-electron chi connectivity index (χ4n) is 1.26. The Balaban J connectivity index is 2.56. The van der Waals surface area contributed by atoms with Crippen LogP contribution in [0, 0.1) is 0 Å². The van der Waals surface area contributed by atoms with Gasteiger partial charge in [-0.15, -0.1) is 0 Å². The van der Waals surface area contributed by atoms with E-state index in [4.69, 9.17) is 28.6 Å². The van der Waals surface area contributed by atoms with E-state index in [1.54, 1.807) is 7.11 Å². The van der Waals surface area contributed by atoms with Gasteiger partial charge in [0.25, 0.3) is 0 Å². The quantitative estimate of drug-likeness (QED) is 0.825. The van der Waals surface area contributed by atoms with E-state index in [0.717, 1.165) is 10.2 Å². The van der Waals surface area contributed by atoms with E-state index in [-0.39, 0.29) is 6.04 Å². The van der Waals surface area contributed by atoms with Gasteiger partial charge < -0.3 is 15.4 Å². The number of halogens is 2. The van der Waals surface area contributed by atoms with Crippen LogP contribution in [0.15, 0.2) is 22.7 Å². The van der Waals surface area contributed by atoms with Crippen LogP contribution >= 0.6 is 39.7 Å². The average Bonchev–Trinajstić information content (AvgIpc) is 2.22. The van der Waals surface area contributed by atoms with Crippen LogP contribution in [0.1, 0.15) is 6.92 Å². The number of rotatable bonds is 4. The molecule has 94 valence electrons. The molecule has 1 aromatic rings. The molecule has 1 atom stereocenters. The van der Waals surface area contributed by atoms with Crippen LogP contribution in [0.4, 0.5) is 5.69 Å². The summed E-state index contributed by atoms with van der Waals surface area (Å²) in [5.74, 6) is 0. The van der Waals surface area contributed by atoms with Gasteiger partial charge in [0.1, 0.15) is 0 Å². The number of methoxy groups -OCH3 is 1. The molecule has 0 saturated heterocycles. The van der Waals surface area contributed by atoms with Crippen molar-refractivity contribution in [3.05, 3.63) is 27.7 Å². The summed E-state index contributed by atoms with van der Waals surface area (Å²) < 4.78 is 5.94. The van der Waals surface area contributed by atoms with E-state index in [9.17, 15) is 0 Å². The molecule has 0 bridgehead atoms. The lowest BCUT2D eigenvalue weighted by molar-refractivity contribution is 0.179. The second kappa shape index (κ2) is 7.16. The zero-order valence-electron chi connectivity index (χ0n) is 9.59. The van der Waals surface area contributed by atoms with Gasteiger partial charge >= 0.3 is 0 Å². The zero-order chi connectivity index (χ0) is 12.8. The first-order valence-electron chi connectivity index (χ1n) is 5.04. The fraction of sp³-hybridized carbons (Fsp3) is 0.364. The average molecular weight is 338 g/mol. The molecule has 0 heterocycles. The number of anilines is 1. The van der Waals surface area contributed by atoms with Crippen LogP contribution in [0.2, 0.25) is 5.02 Å². The van der Waals surface area contributed by atoms with Gasteiger partial charge in [-0.2, -0.15) is 0 Å². The number of hydrogen-bond acceptors (Lipinski definition) is 2. The van der Waals surface area contributed by atoms with Gasteiger partial charge in [0.2, 0.25) is 0 Å². The largest absolute Gasteiger partial charge is 0.383 e. The van der Waals surface area contributed by atoms with Gasteiger partial charge in [0.15, 0.2) is 5.11 Å². The SMILES string of the molecule is COCC(C)NC(=S)Nc1ccc(Br)cc1Cl. The molecule has 3 nitrogen and oxygen atoms in total. The molecule has 0 spiro atoms. The molecule has 1 unspecified atom stereocenters. The molecule has 0 fully saturated rings. The Morgan fingerprint density at radius 3 is 2.88 bits per heavy atom. The Labute approximate surface area is 120 Å². The van der Waals surface area contributed by atoms with Crippen molar-refractivity contribution in [1.29, 1.82) is 0 Å². The minimum atomic E-state index is 0.147. The smallest absolute Gasteiger partial charge is 0.171 e. The third-order valence-corrected chi connectivity index (χ3v) is 3.00. The van der Waals surface area contributed by atoms with Gasteiger partial charge in [0, 0.05) is 17.6 Å². The molecule has 17 heavy (non-hydrogen) atoms. The van der Waals surface area contributed by atoms with Crippen molar-refractivity contribution >= 4 is 50.5 Å². The normalized spacial score (nSPS) is 12.0. The third kappa shape index (κ3) is 5.21. The maximum atomic E-state index is 6.07. The number of ether oxygens (including phenoxy) is 1. The minimum absolute atomic E-state index is 0.147. The highest BCUT2D eigenvalue weighted by atomic mass is 79.9. The first-order valence-corrected chi connectivity index (χ1v) is 6.62. The van der Waals surface area contributed by atoms with Crippen molar-refractivity contribution in [2.24, 2.45) is 0 Å². The summed E-state index contributed by atoms with van der Waals surface area (Å²) in [6.07, 6.45) is 0. The van der Waals surface area contributed by atoms with Crippen molar-refractivity contribution in [3.8, 4) is 0 Å². The van der Waals surface area contributed by atoms with E-state index in [0.29, 0.717) is 16.7 Å². The van der Waals surface area contributed by atoms with Crippen LogP contribution in [-0.2, 0) is 4.74 Å². The van der Waals surface area contributed by atoms with Crippen LogP contribution in [0.5, 0.6) is 0 Å². The Kier molecular flexibility index (Phi) is 6.19. The lowest BCUT2D eigenvalue weighted by Crippen LogP contribution is -2.38. The van der Waals surface area contributed by atoms with Crippen LogP contribution < -0.4 is 10.6 Å². The van der Waals surface area contributed by atoms with Gasteiger partial charge in [0.05, 0.1) is 17.3 Å². The second-order valence-corrected chi connectivity index (χ2v) is 5.31. The summed E-state index contributed by atoms with van der Waals surface area (Å²) >= 11 is 14.6.